The van der Waals surface area contributed by atoms with Crippen LogP contribution < -0.4 is 14.4 Å². The smallest absolute Gasteiger partial charge is 0.311 e. The first-order valence-corrected chi connectivity index (χ1v) is 17.3. The maximum absolute atomic E-state index is 13.3. The van der Waals surface area contributed by atoms with Crippen LogP contribution in [-0.2, 0) is 29.2 Å². The molecule has 1 atom stereocenters. The molecule has 3 heterocycles. The number of para-hydroxylation sites is 1. The van der Waals surface area contributed by atoms with Crippen molar-refractivity contribution in [3.05, 3.63) is 60.2 Å². The van der Waals surface area contributed by atoms with Crippen LogP contribution in [0.25, 0.3) is 10.8 Å². The van der Waals surface area contributed by atoms with Crippen molar-refractivity contribution in [1.82, 2.24) is 4.90 Å². The van der Waals surface area contributed by atoms with Crippen molar-refractivity contribution in [2.45, 2.75) is 50.7 Å². The Morgan fingerprint density at radius 1 is 0.833 bits per heavy atom. The number of anilines is 1. The topological polar surface area (TPSA) is 91.3 Å². The second-order valence-electron chi connectivity index (χ2n) is 13.1. The Hall–Kier alpha value is -3.54. The maximum atomic E-state index is 13.3. The fourth-order valence-electron chi connectivity index (χ4n) is 6.89. The van der Waals surface area contributed by atoms with E-state index in [-0.39, 0.29) is 5.97 Å². The number of nitrogens with zero attached hydrogens (tertiary/aromatic N) is 3. The fraction of sp³-hybridized carbons (Fsp3) is 0.526. The third-order valence-electron chi connectivity index (χ3n) is 9.70. The molecule has 10 nitrogen and oxygen atoms in total. The summed E-state index contributed by atoms with van der Waals surface area (Å²) in [6.07, 6.45) is 4.84. The van der Waals surface area contributed by atoms with Crippen molar-refractivity contribution in [2.75, 3.05) is 84.4 Å². The zero-order valence-corrected chi connectivity index (χ0v) is 28.6. The first-order valence-electron chi connectivity index (χ1n) is 17.3. The molecule has 1 spiro atoms. The number of hydrogen-bond acceptors (Lipinski definition) is 10. The molecule has 3 aromatic rings. The molecule has 0 aliphatic carbocycles. The Morgan fingerprint density at radius 2 is 1.48 bits per heavy atom. The van der Waals surface area contributed by atoms with Crippen LogP contribution in [0.3, 0.4) is 0 Å². The van der Waals surface area contributed by atoms with Gasteiger partial charge in [-0.05, 0) is 56.3 Å². The van der Waals surface area contributed by atoms with Gasteiger partial charge in [0.2, 0.25) is 5.72 Å². The van der Waals surface area contributed by atoms with Crippen molar-refractivity contribution in [3.63, 3.8) is 0 Å². The number of hydrogen-bond donors (Lipinski definition) is 0. The lowest BCUT2D eigenvalue weighted by Crippen LogP contribution is -2.61. The molecule has 0 saturated carbocycles. The molecule has 0 radical (unpaired) electrons. The van der Waals surface area contributed by atoms with Gasteiger partial charge in [0.15, 0.2) is 11.5 Å². The lowest BCUT2D eigenvalue weighted by molar-refractivity contribution is -0.134. The molecular formula is C38H49N3O7. The Morgan fingerprint density at radius 3 is 2.19 bits per heavy atom. The first kappa shape index (κ1) is 34.3. The SMILES string of the molecule is CN1c2ccccc2C(C)(C)C12C=Nc1c(c(OC(=O)CCCCCN3CCOCCOCCOCCOCC3)cc3ccccc13)O2. The average Bonchev–Trinajstić information content (AvgIpc) is 3.24. The van der Waals surface area contributed by atoms with Gasteiger partial charge in [-0.1, -0.05) is 48.9 Å². The summed E-state index contributed by atoms with van der Waals surface area (Å²) in [5.41, 5.74) is 1.65. The third-order valence-corrected chi connectivity index (χ3v) is 9.70. The predicted octanol–water partition coefficient (Wildman–Crippen LogP) is 5.91. The van der Waals surface area contributed by atoms with Crippen LogP contribution in [0.1, 0.15) is 45.1 Å². The predicted molar refractivity (Wildman–Crippen MR) is 187 cm³/mol. The van der Waals surface area contributed by atoms with Crippen molar-refractivity contribution < 1.29 is 33.2 Å². The average molecular weight is 660 g/mol. The summed E-state index contributed by atoms with van der Waals surface area (Å²) >= 11 is 0. The number of likely N-dealkylation sites (N-methyl/N-ethyl adjacent to an activating group) is 1. The van der Waals surface area contributed by atoms with Gasteiger partial charge < -0.3 is 33.3 Å². The van der Waals surface area contributed by atoms with Crippen LogP contribution in [0.15, 0.2) is 59.6 Å². The molecule has 3 aliphatic heterocycles. The maximum Gasteiger partial charge on any atom is 0.311 e. The Balaban J connectivity index is 1.07. The number of carbonyl (C=O) groups excluding carboxylic acids is 1. The van der Waals surface area contributed by atoms with E-state index < -0.39 is 11.1 Å². The van der Waals surface area contributed by atoms with Crippen molar-refractivity contribution >= 4 is 34.3 Å². The molecule has 0 aromatic heterocycles. The third kappa shape index (κ3) is 7.38. The quantitative estimate of drug-likeness (QED) is 0.175. The monoisotopic (exact) mass is 659 g/mol. The van der Waals surface area contributed by atoms with Gasteiger partial charge in [-0.15, -0.1) is 0 Å². The summed E-state index contributed by atoms with van der Waals surface area (Å²) in [7, 11) is 2.03. The molecule has 3 aromatic carbocycles. The van der Waals surface area contributed by atoms with Gasteiger partial charge in [0, 0.05) is 37.6 Å². The number of rotatable bonds is 7. The molecule has 0 amide bonds. The normalized spacial score (nSPS) is 22.0. The second kappa shape index (κ2) is 15.8. The van der Waals surface area contributed by atoms with E-state index in [4.69, 9.17) is 33.4 Å². The molecule has 0 bridgehead atoms. The van der Waals surface area contributed by atoms with Gasteiger partial charge in [-0.3, -0.25) is 14.7 Å². The summed E-state index contributed by atoms with van der Waals surface area (Å²) in [5.74, 6) is 0.627. The largest absolute Gasteiger partial charge is 0.456 e. The van der Waals surface area contributed by atoms with Gasteiger partial charge in [0.25, 0.3) is 0 Å². The van der Waals surface area contributed by atoms with E-state index in [1.54, 1.807) is 0 Å². The fourth-order valence-corrected chi connectivity index (χ4v) is 6.89. The number of unbranched alkanes of at least 4 members (excludes halogenated alkanes) is 2. The first-order chi connectivity index (χ1) is 23.4. The number of esters is 1. The van der Waals surface area contributed by atoms with E-state index >= 15 is 0 Å². The minimum Gasteiger partial charge on any atom is -0.456 e. The van der Waals surface area contributed by atoms with Crippen molar-refractivity contribution in [1.29, 1.82) is 0 Å². The van der Waals surface area contributed by atoms with Gasteiger partial charge in [0.1, 0.15) is 5.69 Å². The highest BCUT2D eigenvalue weighted by Gasteiger charge is 2.59. The number of ether oxygens (including phenoxy) is 6. The standard InChI is InChI=1S/C38H49N3O7/c1-37(2)31-13-8-9-14-32(31)40(3)38(37)28-39-35-30-12-7-6-11-29(30)27-33(36(35)48-38)47-34(42)15-5-4-10-16-41-17-19-43-21-23-45-25-26-46-24-22-44-20-18-41/h6-9,11-14,27-28H,4-5,10,15-26H2,1-3H3. The number of fused-ring (bicyclic) bond motifs is 4. The minimum absolute atomic E-state index is 0.276. The van der Waals surface area contributed by atoms with E-state index in [0.717, 1.165) is 55.4 Å². The van der Waals surface area contributed by atoms with Crippen LogP contribution in [0, 0.1) is 0 Å². The van der Waals surface area contributed by atoms with Crippen LogP contribution >= 0.6 is 0 Å². The lowest BCUT2D eigenvalue weighted by Gasteiger charge is -2.45. The minimum atomic E-state index is -0.883. The lowest BCUT2D eigenvalue weighted by atomic mass is 9.77. The van der Waals surface area contributed by atoms with Crippen molar-refractivity contribution in [3.8, 4) is 11.5 Å². The molecule has 48 heavy (non-hydrogen) atoms. The number of benzene rings is 3. The molecule has 1 saturated heterocycles. The van der Waals surface area contributed by atoms with Gasteiger partial charge >= 0.3 is 5.97 Å². The summed E-state index contributed by atoms with van der Waals surface area (Å²) in [5, 5.41) is 1.90. The van der Waals surface area contributed by atoms with E-state index in [2.05, 4.69) is 41.8 Å². The number of aliphatic imine (C=N–C) groups is 1. The van der Waals surface area contributed by atoms with E-state index in [0.29, 0.717) is 76.5 Å². The summed E-state index contributed by atoms with van der Waals surface area (Å²) < 4.78 is 35.6. The molecule has 1 fully saturated rings. The highest BCUT2D eigenvalue weighted by Crippen LogP contribution is 2.56. The molecule has 3 aliphatic rings. The highest BCUT2D eigenvalue weighted by atomic mass is 16.6. The molecule has 6 rings (SSSR count). The molecule has 258 valence electrons. The molecule has 1 unspecified atom stereocenters. The zero-order valence-electron chi connectivity index (χ0n) is 28.6. The van der Waals surface area contributed by atoms with E-state index in [1.807, 2.05) is 49.7 Å². The van der Waals surface area contributed by atoms with Crippen LogP contribution in [0.2, 0.25) is 0 Å². The Kier molecular flexibility index (Phi) is 11.3. The van der Waals surface area contributed by atoms with E-state index in [1.165, 1.54) is 5.56 Å². The van der Waals surface area contributed by atoms with Gasteiger partial charge in [0.05, 0.1) is 64.5 Å². The van der Waals surface area contributed by atoms with Gasteiger partial charge in [-0.25, -0.2) is 0 Å². The van der Waals surface area contributed by atoms with Crippen LogP contribution in [0.4, 0.5) is 11.4 Å². The van der Waals surface area contributed by atoms with Gasteiger partial charge in [-0.2, -0.15) is 0 Å². The molecule has 10 heteroatoms. The zero-order chi connectivity index (χ0) is 33.4. The summed E-state index contributed by atoms with van der Waals surface area (Å²) in [6.45, 7) is 11.6. The Labute approximate surface area is 283 Å². The number of carbonyl (C=O) groups is 1. The van der Waals surface area contributed by atoms with Crippen molar-refractivity contribution in [2.24, 2.45) is 4.99 Å². The molecule has 0 N–H and O–H groups in total. The molecular weight excluding hydrogens is 610 g/mol. The second-order valence-corrected chi connectivity index (χ2v) is 13.1. The van der Waals surface area contributed by atoms with E-state index in [9.17, 15) is 4.79 Å². The summed E-state index contributed by atoms with van der Waals surface area (Å²) in [6, 6.07) is 18.2. The van der Waals surface area contributed by atoms with Crippen LogP contribution in [-0.4, -0.2) is 102 Å². The van der Waals surface area contributed by atoms with Crippen LogP contribution in [0.5, 0.6) is 11.5 Å². The highest BCUT2D eigenvalue weighted by molar-refractivity contribution is 6.02. The Bertz CT molecular complexity index is 1560. The summed E-state index contributed by atoms with van der Waals surface area (Å²) in [4.78, 5) is 22.8.